The lowest BCUT2D eigenvalue weighted by molar-refractivity contribution is -0.536. The molecule has 2 aliphatic carbocycles. The Morgan fingerprint density at radius 2 is 1.50 bits per heavy atom. The average molecular weight is 301 g/mol. The predicted molar refractivity (Wildman–Crippen MR) is 84.9 cm³/mol. The maximum absolute atomic E-state index is 13.0. The molecule has 0 N–H and O–H groups in total. The Morgan fingerprint density at radius 1 is 0.955 bits per heavy atom. The van der Waals surface area contributed by atoms with Crippen molar-refractivity contribution in [1.29, 1.82) is 0 Å². The highest BCUT2D eigenvalue weighted by Gasteiger charge is 2.53. The van der Waals surface area contributed by atoms with Crippen LogP contribution in [-0.4, -0.2) is 10.7 Å². The molecule has 0 aromatic heterocycles. The second-order valence-electron chi connectivity index (χ2n) is 6.95. The highest BCUT2D eigenvalue weighted by Crippen LogP contribution is 2.49. The van der Waals surface area contributed by atoms with Crippen LogP contribution < -0.4 is 0 Å². The summed E-state index contributed by atoms with van der Waals surface area (Å²) in [4.78, 5) is 24.6. The molecule has 2 atom stereocenters. The number of Topliss-reactive ketones (excluding diaryl/α,β-unsaturated/α-hetero) is 1. The number of rotatable bonds is 2. The van der Waals surface area contributed by atoms with Gasteiger partial charge in [-0.25, -0.2) is 0 Å². The summed E-state index contributed by atoms with van der Waals surface area (Å²) in [7, 11) is 0. The summed E-state index contributed by atoms with van der Waals surface area (Å²) in [5, 5.41) is 11.8. The van der Waals surface area contributed by atoms with Crippen LogP contribution in [0.2, 0.25) is 0 Å². The predicted octanol–water partition coefficient (Wildman–Crippen LogP) is 4.24. The van der Waals surface area contributed by atoms with E-state index < -0.39 is 12.0 Å². The zero-order valence-electron chi connectivity index (χ0n) is 13.7. The molecule has 0 radical (unpaired) electrons. The summed E-state index contributed by atoms with van der Waals surface area (Å²) in [6, 6.07) is -0.844. The molecule has 0 bridgehead atoms. The molecular formula is C18H23NO3. The van der Waals surface area contributed by atoms with E-state index >= 15 is 0 Å². The zero-order valence-corrected chi connectivity index (χ0v) is 13.7. The minimum Gasteiger partial charge on any atom is -0.294 e. The fourth-order valence-electron chi connectivity index (χ4n) is 4.54. The number of carbonyl (C=O) groups is 1. The molecule has 0 amide bonds. The van der Waals surface area contributed by atoms with Crippen LogP contribution in [0, 0.1) is 49.6 Å². The van der Waals surface area contributed by atoms with E-state index in [0.717, 1.165) is 47.9 Å². The van der Waals surface area contributed by atoms with Gasteiger partial charge in [0.15, 0.2) is 5.78 Å². The Hall–Kier alpha value is -1.71. The highest BCUT2D eigenvalue weighted by atomic mass is 16.6. The number of nitrogens with zero attached hydrogens (tertiary/aromatic N) is 1. The van der Waals surface area contributed by atoms with Gasteiger partial charge >= 0.3 is 0 Å². The van der Waals surface area contributed by atoms with Crippen LogP contribution in [0.5, 0.6) is 0 Å². The zero-order chi connectivity index (χ0) is 16.2. The normalized spacial score (nSPS) is 24.8. The van der Waals surface area contributed by atoms with Crippen LogP contribution in [0.4, 0.5) is 0 Å². The van der Waals surface area contributed by atoms with Crippen molar-refractivity contribution in [3.63, 3.8) is 0 Å². The molecule has 4 nitrogen and oxygen atoms in total. The number of hydrogen-bond acceptors (Lipinski definition) is 3. The molecule has 0 aliphatic heterocycles. The minimum atomic E-state index is -0.844. The minimum absolute atomic E-state index is 0.0206. The van der Waals surface area contributed by atoms with E-state index in [2.05, 4.69) is 0 Å². The molecule has 1 aromatic carbocycles. The van der Waals surface area contributed by atoms with Crippen LogP contribution >= 0.6 is 0 Å². The topological polar surface area (TPSA) is 60.2 Å². The molecule has 0 unspecified atom stereocenters. The Balaban J connectivity index is 2.24. The van der Waals surface area contributed by atoms with E-state index in [1.807, 2.05) is 27.7 Å². The van der Waals surface area contributed by atoms with Gasteiger partial charge in [0.1, 0.15) is 0 Å². The summed E-state index contributed by atoms with van der Waals surface area (Å²) < 4.78 is 0. The largest absolute Gasteiger partial charge is 0.294 e. The third-order valence-electron chi connectivity index (χ3n) is 6.06. The second-order valence-corrected chi connectivity index (χ2v) is 6.95. The van der Waals surface area contributed by atoms with Gasteiger partial charge in [-0.05, 0) is 68.7 Å². The van der Waals surface area contributed by atoms with E-state index in [4.69, 9.17) is 0 Å². The molecule has 1 saturated carbocycles. The van der Waals surface area contributed by atoms with Crippen molar-refractivity contribution >= 4 is 5.78 Å². The molecule has 118 valence electrons. The quantitative estimate of drug-likeness (QED) is 0.606. The van der Waals surface area contributed by atoms with Gasteiger partial charge in [-0.15, -0.1) is 0 Å². The molecule has 1 fully saturated rings. The number of nitro groups is 1. The Morgan fingerprint density at radius 3 is 2.05 bits per heavy atom. The number of benzene rings is 1. The Labute approximate surface area is 131 Å². The summed E-state index contributed by atoms with van der Waals surface area (Å²) in [5.41, 5.74) is 5.41. The maximum Gasteiger partial charge on any atom is 0.249 e. The van der Waals surface area contributed by atoms with Crippen molar-refractivity contribution in [2.75, 3.05) is 0 Å². The summed E-state index contributed by atoms with van der Waals surface area (Å²) in [5.74, 6) is -0.256. The molecule has 0 heterocycles. The Kier molecular flexibility index (Phi) is 3.58. The van der Waals surface area contributed by atoms with Crippen LogP contribution in [0.1, 0.15) is 69.9 Å². The average Bonchev–Trinajstić information content (AvgIpc) is 3.08. The second kappa shape index (κ2) is 5.18. The smallest absolute Gasteiger partial charge is 0.249 e. The van der Waals surface area contributed by atoms with Crippen LogP contribution in [0.15, 0.2) is 0 Å². The van der Waals surface area contributed by atoms with Crippen LogP contribution in [0.3, 0.4) is 0 Å². The number of hydrogen-bond donors (Lipinski definition) is 0. The first kappa shape index (κ1) is 15.2. The van der Waals surface area contributed by atoms with Gasteiger partial charge in [0.25, 0.3) is 0 Å². The molecule has 1 aromatic rings. The monoisotopic (exact) mass is 301 g/mol. The molecule has 0 saturated heterocycles. The molecule has 0 spiro atoms. The summed E-state index contributed by atoms with van der Waals surface area (Å²) in [6.45, 7) is 7.88. The van der Waals surface area contributed by atoms with Gasteiger partial charge in [-0.1, -0.05) is 12.8 Å². The Bertz CT molecular complexity index is 672. The molecule has 22 heavy (non-hydrogen) atoms. The van der Waals surface area contributed by atoms with Gasteiger partial charge in [0.2, 0.25) is 6.04 Å². The van der Waals surface area contributed by atoms with Crippen molar-refractivity contribution < 1.29 is 9.72 Å². The number of ketones is 1. The lowest BCUT2D eigenvalue weighted by atomic mass is 9.84. The van der Waals surface area contributed by atoms with E-state index in [-0.39, 0.29) is 16.6 Å². The highest BCUT2D eigenvalue weighted by molar-refractivity contribution is 6.05. The fraction of sp³-hybridized carbons (Fsp3) is 0.611. The first-order valence-electron chi connectivity index (χ1n) is 8.14. The van der Waals surface area contributed by atoms with Gasteiger partial charge < -0.3 is 0 Å². The molecule has 4 heteroatoms. The van der Waals surface area contributed by atoms with Gasteiger partial charge in [0, 0.05) is 16.1 Å². The van der Waals surface area contributed by atoms with Crippen molar-refractivity contribution in [2.45, 2.75) is 59.4 Å². The summed E-state index contributed by atoms with van der Waals surface area (Å²) in [6.07, 6.45) is 4.08. The van der Waals surface area contributed by atoms with E-state index in [9.17, 15) is 14.9 Å². The fourth-order valence-corrected chi connectivity index (χ4v) is 4.54. The molecule has 2 aliphatic rings. The standard InChI is InChI=1S/C18H23NO3/c1-9-10(2)12(4)15-14(11(9)3)17(19(21)22)16(18(15)20)13-7-5-6-8-13/h13,16-17H,5-8H2,1-4H3/t16-,17-/m0/s1. The van der Waals surface area contributed by atoms with Gasteiger partial charge in [-0.2, -0.15) is 0 Å². The third kappa shape index (κ3) is 1.93. The van der Waals surface area contributed by atoms with Crippen LogP contribution in [-0.2, 0) is 0 Å². The SMILES string of the molecule is Cc1c(C)c(C)c2c(c1C)C(=O)[C@@H](C1CCCC1)[C@H]2[N+](=O)[O-]. The molecular weight excluding hydrogens is 278 g/mol. The lowest BCUT2D eigenvalue weighted by Gasteiger charge is -2.19. The van der Waals surface area contributed by atoms with Gasteiger partial charge in [-0.3, -0.25) is 14.9 Å². The van der Waals surface area contributed by atoms with Gasteiger partial charge in [0.05, 0.1) is 5.92 Å². The van der Waals surface area contributed by atoms with Crippen molar-refractivity contribution in [3.05, 3.63) is 43.5 Å². The third-order valence-corrected chi connectivity index (χ3v) is 6.06. The lowest BCUT2D eigenvalue weighted by Crippen LogP contribution is -2.26. The first-order chi connectivity index (χ1) is 10.4. The van der Waals surface area contributed by atoms with E-state index in [1.54, 1.807) is 0 Å². The molecule has 3 rings (SSSR count). The van der Waals surface area contributed by atoms with Crippen molar-refractivity contribution in [3.8, 4) is 0 Å². The number of carbonyl (C=O) groups excluding carboxylic acids is 1. The van der Waals surface area contributed by atoms with E-state index in [0.29, 0.717) is 11.1 Å². The van der Waals surface area contributed by atoms with Crippen molar-refractivity contribution in [1.82, 2.24) is 0 Å². The summed E-state index contributed by atoms with van der Waals surface area (Å²) >= 11 is 0. The first-order valence-corrected chi connectivity index (χ1v) is 8.14. The van der Waals surface area contributed by atoms with Crippen molar-refractivity contribution in [2.24, 2.45) is 11.8 Å². The van der Waals surface area contributed by atoms with E-state index in [1.165, 1.54) is 0 Å². The maximum atomic E-state index is 13.0. The number of fused-ring (bicyclic) bond motifs is 1. The van der Waals surface area contributed by atoms with Crippen LogP contribution in [0.25, 0.3) is 0 Å².